The monoisotopic (exact) mass is 277 g/mol. The molecule has 0 aromatic carbocycles. The van der Waals surface area contributed by atoms with Gasteiger partial charge in [0.05, 0.1) is 6.61 Å². The number of hydrogen-bond acceptors (Lipinski definition) is 5. The Morgan fingerprint density at radius 1 is 1.60 bits per heavy atom. The van der Waals surface area contributed by atoms with Gasteiger partial charge in [-0.05, 0) is 12.5 Å². The van der Waals surface area contributed by atoms with E-state index in [0.717, 1.165) is 6.42 Å². The summed E-state index contributed by atoms with van der Waals surface area (Å²) in [5, 5.41) is 6.82. The summed E-state index contributed by atoms with van der Waals surface area (Å²) in [6, 6.07) is -0.0781. The number of nitrogens with zero attached hydrogens (tertiary/aromatic N) is 4. The molecule has 3 rings (SSSR count). The number of carbonyl (C=O) groups excluding carboxylic acids is 2. The van der Waals surface area contributed by atoms with Gasteiger partial charge in [0, 0.05) is 25.1 Å². The summed E-state index contributed by atoms with van der Waals surface area (Å²) < 4.78 is 6.52. The molecule has 20 heavy (non-hydrogen) atoms. The fourth-order valence-electron chi connectivity index (χ4n) is 2.24. The summed E-state index contributed by atoms with van der Waals surface area (Å²) in [5.74, 6) is -0.0715. The van der Waals surface area contributed by atoms with Gasteiger partial charge in [-0.1, -0.05) is 0 Å². The molecule has 1 aliphatic heterocycles. The minimum Gasteiger partial charge on any atom is -0.465 e. The summed E-state index contributed by atoms with van der Waals surface area (Å²) >= 11 is 0. The van der Waals surface area contributed by atoms with Crippen molar-refractivity contribution in [2.45, 2.75) is 25.6 Å². The van der Waals surface area contributed by atoms with Crippen LogP contribution in [0.25, 0.3) is 0 Å². The van der Waals surface area contributed by atoms with Gasteiger partial charge in [0.25, 0.3) is 0 Å². The van der Waals surface area contributed by atoms with E-state index in [-0.39, 0.29) is 30.1 Å². The number of carbonyl (C=O) groups is 2. The van der Waals surface area contributed by atoms with Crippen LogP contribution in [0.15, 0.2) is 24.9 Å². The van der Waals surface area contributed by atoms with Crippen molar-refractivity contribution in [3.63, 3.8) is 0 Å². The molecule has 1 N–H and O–H groups in total. The normalized spacial score (nSPS) is 28.1. The van der Waals surface area contributed by atoms with Crippen LogP contribution < -0.4 is 5.32 Å². The Labute approximate surface area is 115 Å². The maximum absolute atomic E-state index is 12.1. The van der Waals surface area contributed by atoms with E-state index in [1.54, 1.807) is 22.1 Å². The van der Waals surface area contributed by atoms with Crippen LogP contribution in [-0.4, -0.2) is 44.3 Å². The van der Waals surface area contributed by atoms with Crippen LogP contribution in [-0.2, 0) is 9.53 Å². The van der Waals surface area contributed by atoms with Crippen molar-refractivity contribution < 1.29 is 14.3 Å². The first-order valence-electron chi connectivity index (χ1n) is 6.40. The van der Waals surface area contributed by atoms with Gasteiger partial charge in [-0.25, -0.2) is 14.5 Å². The molecule has 0 spiro atoms. The molecule has 1 aromatic heterocycles. The Hall–Kier alpha value is -2.38. The van der Waals surface area contributed by atoms with Gasteiger partial charge in [-0.15, -0.1) is 0 Å². The second-order valence-corrected chi connectivity index (χ2v) is 4.88. The zero-order chi connectivity index (χ0) is 14.1. The third kappa shape index (κ3) is 2.49. The third-order valence-electron chi connectivity index (χ3n) is 3.40. The highest BCUT2D eigenvalue weighted by Gasteiger charge is 2.45. The zero-order valence-electron chi connectivity index (χ0n) is 11.0. The number of hydrogen-bond donors (Lipinski definition) is 1. The van der Waals surface area contributed by atoms with Crippen molar-refractivity contribution in [3.8, 4) is 0 Å². The number of rotatable bonds is 4. The summed E-state index contributed by atoms with van der Waals surface area (Å²) in [4.78, 5) is 28.3. The Morgan fingerprint density at radius 2 is 2.45 bits per heavy atom. The van der Waals surface area contributed by atoms with Crippen LogP contribution >= 0.6 is 0 Å². The number of nitrogens with one attached hydrogen (secondary N) is 1. The maximum Gasteiger partial charge on any atom is 0.323 e. The highest BCUT2D eigenvalue weighted by molar-refractivity contribution is 5.77. The Morgan fingerprint density at radius 3 is 3.10 bits per heavy atom. The van der Waals surface area contributed by atoms with E-state index < -0.39 is 0 Å². The summed E-state index contributed by atoms with van der Waals surface area (Å²) in [6.07, 6.45) is 7.10. The van der Waals surface area contributed by atoms with Crippen molar-refractivity contribution in [2.24, 2.45) is 5.92 Å². The molecule has 0 saturated heterocycles. The lowest BCUT2D eigenvalue weighted by Gasteiger charge is -2.27. The summed E-state index contributed by atoms with van der Waals surface area (Å²) in [6.45, 7) is 1.75. The molecule has 1 saturated carbocycles. The average Bonchev–Trinajstić information content (AvgIpc) is 2.97. The van der Waals surface area contributed by atoms with Gasteiger partial charge in [-0.2, -0.15) is 5.10 Å². The van der Waals surface area contributed by atoms with Crippen molar-refractivity contribution in [1.82, 2.24) is 25.0 Å². The van der Waals surface area contributed by atoms with Gasteiger partial charge < -0.3 is 10.1 Å². The van der Waals surface area contributed by atoms with Crippen LogP contribution in [0, 0.1) is 5.92 Å². The Bertz CT molecular complexity index is 541. The van der Waals surface area contributed by atoms with Crippen LogP contribution in [0.3, 0.4) is 0 Å². The Balaban J connectivity index is 1.59. The lowest BCUT2D eigenvalue weighted by Crippen LogP contribution is -2.45. The largest absolute Gasteiger partial charge is 0.465 e. The molecule has 2 amide bonds. The lowest BCUT2D eigenvalue weighted by atomic mass is 10.3. The standard InChI is InChI=1S/C12H15N5O3/c1-8(18)20-5-9-4-10(9)16-3-2-11(15-12(16)19)17-7-13-6-14-17/h2-3,6-7,9-11H,4-5H2,1H3,(H,15,19)/t9-,10-,11?/m0/s1. The second-order valence-electron chi connectivity index (χ2n) is 4.88. The molecule has 3 atom stereocenters. The van der Waals surface area contributed by atoms with Crippen LogP contribution in [0.4, 0.5) is 4.79 Å². The van der Waals surface area contributed by atoms with Crippen molar-refractivity contribution in [3.05, 3.63) is 24.9 Å². The molecule has 0 bridgehead atoms. The maximum atomic E-state index is 12.1. The highest BCUT2D eigenvalue weighted by atomic mass is 16.5. The second kappa shape index (κ2) is 4.95. The highest BCUT2D eigenvalue weighted by Crippen LogP contribution is 2.37. The molecular formula is C12H15N5O3. The first-order valence-corrected chi connectivity index (χ1v) is 6.40. The van der Waals surface area contributed by atoms with E-state index in [9.17, 15) is 9.59 Å². The van der Waals surface area contributed by atoms with Gasteiger partial charge in [0.15, 0.2) is 0 Å². The first-order chi connectivity index (χ1) is 9.65. The minimum atomic E-state index is -0.313. The summed E-state index contributed by atoms with van der Waals surface area (Å²) in [7, 11) is 0. The van der Waals surface area contributed by atoms with Crippen LogP contribution in [0.2, 0.25) is 0 Å². The molecule has 1 aromatic rings. The van der Waals surface area contributed by atoms with Gasteiger partial charge in [0.1, 0.15) is 18.8 Å². The van der Waals surface area contributed by atoms with Crippen LogP contribution in [0.5, 0.6) is 0 Å². The predicted octanol–water partition coefficient (Wildman–Crippen LogP) is 0.267. The molecule has 8 nitrogen and oxygen atoms in total. The predicted molar refractivity (Wildman–Crippen MR) is 67.1 cm³/mol. The quantitative estimate of drug-likeness (QED) is 0.798. The molecule has 8 heteroatoms. The molecule has 1 unspecified atom stereocenters. The number of urea groups is 1. The SMILES string of the molecule is CC(=O)OC[C@@H]1C[C@@H]1N1C=CC(n2cncn2)NC1=O. The van der Waals surface area contributed by atoms with E-state index in [2.05, 4.69) is 15.4 Å². The first kappa shape index (κ1) is 12.6. The van der Waals surface area contributed by atoms with Crippen molar-refractivity contribution >= 4 is 12.0 Å². The molecular weight excluding hydrogens is 262 g/mol. The van der Waals surface area contributed by atoms with E-state index >= 15 is 0 Å². The zero-order valence-corrected chi connectivity index (χ0v) is 11.0. The van der Waals surface area contributed by atoms with E-state index in [4.69, 9.17) is 4.74 Å². The molecule has 1 fully saturated rings. The van der Waals surface area contributed by atoms with E-state index in [1.165, 1.54) is 13.3 Å². The lowest BCUT2D eigenvalue weighted by molar-refractivity contribution is -0.141. The third-order valence-corrected chi connectivity index (χ3v) is 3.40. The van der Waals surface area contributed by atoms with Crippen molar-refractivity contribution in [2.75, 3.05) is 6.61 Å². The fraction of sp³-hybridized carbons (Fsp3) is 0.500. The number of aromatic nitrogens is 3. The average molecular weight is 277 g/mol. The molecule has 2 aliphatic rings. The smallest absolute Gasteiger partial charge is 0.323 e. The topological polar surface area (TPSA) is 89.3 Å². The van der Waals surface area contributed by atoms with Gasteiger partial charge in [0.2, 0.25) is 0 Å². The number of esters is 1. The molecule has 0 radical (unpaired) electrons. The molecule has 1 aliphatic carbocycles. The molecule has 106 valence electrons. The van der Waals surface area contributed by atoms with Crippen LogP contribution in [0.1, 0.15) is 19.5 Å². The molecule has 2 heterocycles. The van der Waals surface area contributed by atoms with Gasteiger partial charge in [-0.3, -0.25) is 9.69 Å². The van der Waals surface area contributed by atoms with E-state index in [0.29, 0.717) is 6.61 Å². The van der Waals surface area contributed by atoms with Crippen molar-refractivity contribution in [1.29, 1.82) is 0 Å². The number of ether oxygens (including phenoxy) is 1. The van der Waals surface area contributed by atoms with E-state index in [1.807, 2.05) is 6.08 Å². The Kier molecular flexibility index (Phi) is 3.13. The summed E-state index contributed by atoms with van der Waals surface area (Å²) in [5.41, 5.74) is 0. The fourth-order valence-corrected chi connectivity index (χ4v) is 2.24. The number of amides is 2. The van der Waals surface area contributed by atoms with Gasteiger partial charge >= 0.3 is 12.0 Å². The minimum absolute atomic E-state index is 0.0993.